The van der Waals surface area contributed by atoms with Gasteiger partial charge in [-0.15, -0.1) is 0 Å². The number of carbonyl (C=O) groups is 2. The Morgan fingerprint density at radius 2 is 1.90 bits per heavy atom. The second kappa shape index (κ2) is 8.82. The van der Waals surface area contributed by atoms with Crippen molar-refractivity contribution in [2.45, 2.75) is 38.1 Å². The number of primary amides is 1. The van der Waals surface area contributed by atoms with Gasteiger partial charge in [0.15, 0.2) is 0 Å². The smallest absolute Gasteiger partial charge is 0.314 e. The van der Waals surface area contributed by atoms with Gasteiger partial charge in [0.2, 0.25) is 5.91 Å². The number of fused-ring (bicyclic) bond motifs is 1. The molecule has 2 saturated heterocycles. The molecule has 3 amide bonds. The highest BCUT2D eigenvalue weighted by atomic mass is 16.2. The predicted molar refractivity (Wildman–Crippen MR) is 111 cm³/mol. The summed E-state index contributed by atoms with van der Waals surface area (Å²) in [6.07, 6.45) is 6.09. The summed E-state index contributed by atoms with van der Waals surface area (Å²) in [5.41, 5.74) is 7.62. The Morgan fingerprint density at radius 3 is 2.69 bits per heavy atom. The van der Waals surface area contributed by atoms with E-state index in [1.165, 1.54) is 5.56 Å². The number of nitrogens with one attached hydrogen (secondary N) is 1. The van der Waals surface area contributed by atoms with E-state index >= 15 is 0 Å². The van der Waals surface area contributed by atoms with E-state index in [2.05, 4.69) is 27.2 Å². The van der Waals surface area contributed by atoms with Crippen molar-refractivity contribution >= 4 is 22.8 Å². The molecule has 0 aliphatic carbocycles. The summed E-state index contributed by atoms with van der Waals surface area (Å²) in [5.74, 6) is 0.242. The summed E-state index contributed by atoms with van der Waals surface area (Å²) in [4.78, 5) is 30.3. The van der Waals surface area contributed by atoms with E-state index in [-0.39, 0.29) is 11.9 Å². The Hall–Kier alpha value is -2.61. The fourth-order valence-corrected chi connectivity index (χ4v) is 4.56. The summed E-state index contributed by atoms with van der Waals surface area (Å²) in [5, 5.41) is 8.08. The van der Waals surface area contributed by atoms with E-state index in [0.717, 1.165) is 69.3 Å². The van der Waals surface area contributed by atoms with Crippen LogP contribution in [0.4, 0.5) is 4.79 Å². The maximum atomic E-state index is 12.7. The van der Waals surface area contributed by atoms with Crippen LogP contribution in [0, 0.1) is 0 Å². The van der Waals surface area contributed by atoms with Crippen LogP contribution in [0.15, 0.2) is 24.4 Å². The summed E-state index contributed by atoms with van der Waals surface area (Å²) in [7, 11) is 0. The largest absolute Gasteiger partial charge is 0.351 e. The van der Waals surface area contributed by atoms with Gasteiger partial charge in [0.25, 0.3) is 0 Å². The molecule has 0 unspecified atom stereocenters. The predicted octanol–water partition coefficient (Wildman–Crippen LogP) is 1.57. The Kier molecular flexibility index (Phi) is 5.99. The summed E-state index contributed by atoms with van der Waals surface area (Å²) in [6, 6.07) is 6.37. The van der Waals surface area contributed by atoms with Crippen LogP contribution in [0.5, 0.6) is 0 Å². The van der Waals surface area contributed by atoms with E-state index in [1.54, 1.807) is 4.90 Å². The highest BCUT2D eigenvalue weighted by molar-refractivity contribution is 5.79. The van der Waals surface area contributed by atoms with Crippen molar-refractivity contribution in [3.63, 3.8) is 0 Å². The second-order valence-corrected chi connectivity index (χ2v) is 8.12. The first-order valence-corrected chi connectivity index (χ1v) is 10.6. The van der Waals surface area contributed by atoms with Gasteiger partial charge in [-0.1, -0.05) is 6.07 Å². The quantitative estimate of drug-likeness (QED) is 0.817. The third kappa shape index (κ3) is 4.70. The number of aromatic amines is 1. The van der Waals surface area contributed by atoms with E-state index in [9.17, 15) is 9.59 Å². The van der Waals surface area contributed by atoms with E-state index in [0.29, 0.717) is 19.0 Å². The van der Waals surface area contributed by atoms with Crippen LogP contribution in [-0.4, -0.2) is 82.1 Å². The molecular weight excluding hydrogens is 368 g/mol. The molecule has 2 aliphatic heterocycles. The number of nitrogens with zero attached hydrogens (tertiary/aromatic N) is 4. The van der Waals surface area contributed by atoms with Crippen LogP contribution >= 0.6 is 0 Å². The van der Waals surface area contributed by atoms with E-state index < -0.39 is 0 Å². The SMILES string of the molecule is NC(=O)N1CCCN(C2CCN(C(=O)CCc3ccc4[nH]ncc4c3)CC2)CC1. The second-order valence-electron chi connectivity index (χ2n) is 8.12. The lowest BCUT2D eigenvalue weighted by Crippen LogP contribution is -2.48. The topological polar surface area (TPSA) is 98.6 Å². The molecule has 0 spiro atoms. The Morgan fingerprint density at radius 1 is 1.07 bits per heavy atom. The van der Waals surface area contributed by atoms with Gasteiger partial charge in [0.1, 0.15) is 0 Å². The maximum Gasteiger partial charge on any atom is 0.314 e. The number of hydrogen-bond donors (Lipinski definition) is 2. The highest BCUT2D eigenvalue weighted by Crippen LogP contribution is 2.20. The Balaban J connectivity index is 1.23. The number of amides is 3. The standard InChI is InChI=1S/C21H30N6O2/c22-21(29)27-9-1-8-25(12-13-27)18-6-10-26(11-7-18)20(28)5-3-16-2-4-19-17(14-16)15-23-24-19/h2,4,14-15,18H,1,3,5-13H2,(H2,22,29)(H,23,24). The number of likely N-dealkylation sites (tertiary alicyclic amines) is 1. The third-order valence-electron chi connectivity index (χ3n) is 6.31. The van der Waals surface area contributed by atoms with Crippen molar-refractivity contribution in [3.05, 3.63) is 30.0 Å². The van der Waals surface area contributed by atoms with Crippen LogP contribution < -0.4 is 5.73 Å². The van der Waals surface area contributed by atoms with Crippen LogP contribution in [0.2, 0.25) is 0 Å². The van der Waals surface area contributed by atoms with Gasteiger partial charge in [-0.05, 0) is 43.4 Å². The molecule has 2 aromatic rings. The number of benzene rings is 1. The lowest BCUT2D eigenvalue weighted by Gasteiger charge is -2.38. The van der Waals surface area contributed by atoms with Gasteiger partial charge < -0.3 is 15.5 Å². The fourth-order valence-electron chi connectivity index (χ4n) is 4.56. The molecule has 0 bridgehead atoms. The molecular formula is C21H30N6O2. The zero-order valence-electron chi connectivity index (χ0n) is 16.8. The summed E-state index contributed by atoms with van der Waals surface area (Å²) in [6.45, 7) is 4.96. The van der Waals surface area contributed by atoms with E-state index in [4.69, 9.17) is 5.73 Å². The minimum absolute atomic E-state index is 0.242. The molecule has 1 aromatic heterocycles. The number of aryl methyl sites for hydroxylation is 1. The first-order valence-electron chi connectivity index (χ1n) is 10.6. The summed E-state index contributed by atoms with van der Waals surface area (Å²) < 4.78 is 0. The number of urea groups is 1. The molecule has 2 aliphatic rings. The molecule has 29 heavy (non-hydrogen) atoms. The third-order valence-corrected chi connectivity index (χ3v) is 6.31. The number of rotatable bonds is 4. The number of piperidine rings is 1. The molecule has 8 heteroatoms. The monoisotopic (exact) mass is 398 g/mol. The van der Waals surface area contributed by atoms with Crippen LogP contribution in [-0.2, 0) is 11.2 Å². The van der Waals surface area contributed by atoms with Crippen molar-refractivity contribution in [3.8, 4) is 0 Å². The molecule has 3 N–H and O–H groups in total. The Labute approximate surface area is 171 Å². The number of nitrogens with two attached hydrogens (primary N) is 1. The van der Waals surface area contributed by atoms with Crippen molar-refractivity contribution in [1.29, 1.82) is 0 Å². The number of carbonyl (C=O) groups excluding carboxylic acids is 2. The molecule has 0 radical (unpaired) electrons. The molecule has 0 atom stereocenters. The molecule has 1 aromatic carbocycles. The van der Waals surface area contributed by atoms with E-state index in [1.807, 2.05) is 17.2 Å². The molecule has 3 heterocycles. The van der Waals surface area contributed by atoms with Crippen LogP contribution in [0.1, 0.15) is 31.2 Å². The maximum absolute atomic E-state index is 12.7. The van der Waals surface area contributed by atoms with Gasteiger partial charge >= 0.3 is 6.03 Å². The van der Waals surface area contributed by atoms with Crippen LogP contribution in [0.3, 0.4) is 0 Å². The van der Waals surface area contributed by atoms with Crippen molar-refractivity contribution < 1.29 is 9.59 Å². The highest BCUT2D eigenvalue weighted by Gasteiger charge is 2.28. The minimum atomic E-state index is -0.320. The zero-order valence-corrected chi connectivity index (χ0v) is 16.8. The Bertz CT molecular complexity index is 858. The van der Waals surface area contributed by atoms with Crippen molar-refractivity contribution in [2.24, 2.45) is 5.73 Å². The van der Waals surface area contributed by atoms with Gasteiger partial charge in [0.05, 0.1) is 11.7 Å². The first-order chi connectivity index (χ1) is 14.1. The average molecular weight is 399 g/mol. The molecule has 4 rings (SSSR count). The van der Waals surface area contributed by atoms with Crippen molar-refractivity contribution in [2.75, 3.05) is 39.3 Å². The molecule has 8 nitrogen and oxygen atoms in total. The zero-order chi connectivity index (χ0) is 20.2. The number of H-pyrrole nitrogens is 1. The van der Waals surface area contributed by atoms with Gasteiger partial charge in [-0.25, -0.2) is 4.79 Å². The molecule has 156 valence electrons. The lowest BCUT2D eigenvalue weighted by atomic mass is 10.0. The first kappa shape index (κ1) is 19.7. The number of aromatic nitrogens is 2. The lowest BCUT2D eigenvalue weighted by molar-refractivity contribution is -0.132. The van der Waals surface area contributed by atoms with Crippen LogP contribution in [0.25, 0.3) is 10.9 Å². The molecule has 2 fully saturated rings. The number of hydrogen-bond acceptors (Lipinski definition) is 4. The molecule has 0 saturated carbocycles. The van der Waals surface area contributed by atoms with Crippen molar-refractivity contribution in [1.82, 2.24) is 24.9 Å². The fraction of sp³-hybridized carbons (Fsp3) is 0.571. The minimum Gasteiger partial charge on any atom is -0.351 e. The average Bonchev–Trinajstić information content (AvgIpc) is 3.06. The normalized spacial score (nSPS) is 19.4. The van der Waals surface area contributed by atoms with Gasteiger partial charge in [-0.2, -0.15) is 5.10 Å². The van der Waals surface area contributed by atoms with Gasteiger partial charge in [0, 0.05) is 57.1 Å². The van der Waals surface area contributed by atoms with Gasteiger partial charge in [-0.3, -0.25) is 14.8 Å². The summed E-state index contributed by atoms with van der Waals surface area (Å²) >= 11 is 0.